The number of hydrogen-bond donors (Lipinski definition) is 0. The van der Waals surface area contributed by atoms with Gasteiger partial charge >= 0.3 is 0 Å². The molecule has 0 aromatic carbocycles. The van der Waals surface area contributed by atoms with Crippen molar-refractivity contribution in [1.82, 2.24) is 4.98 Å². The van der Waals surface area contributed by atoms with E-state index in [4.69, 9.17) is 9.47 Å². The maximum Gasteiger partial charge on any atom is 0.253 e. The van der Waals surface area contributed by atoms with E-state index in [1.54, 1.807) is 0 Å². The van der Waals surface area contributed by atoms with Gasteiger partial charge in [-0.15, -0.1) is 0 Å². The average molecular weight is 306 g/mol. The molecule has 2 unspecified atom stereocenters. The molecular formula is C13H14F4N2O2. The second kappa shape index (κ2) is 5.76. The van der Waals surface area contributed by atoms with E-state index < -0.39 is 35.3 Å². The van der Waals surface area contributed by atoms with Crippen molar-refractivity contribution in [3.05, 3.63) is 23.5 Å². The lowest BCUT2D eigenvalue weighted by Gasteiger charge is -2.40. The number of rotatable bonds is 2. The van der Waals surface area contributed by atoms with Crippen LogP contribution in [0.1, 0.15) is 12.8 Å². The molecular weight excluding hydrogens is 292 g/mol. The second-order valence-electron chi connectivity index (χ2n) is 5.06. The molecule has 3 heterocycles. The Kier molecular flexibility index (Phi) is 3.99. The van der Waals surface area contributed by atoms with E-state index in [9.17, 15) is 17.6 Å². The Hall–Kier alpha value is -1.41. The van der Waals surface area contributed by atoms with Crippen LogP contribution in [0.4, 0.5) is 23.2 Å². The topological polar surface area (TPSA) is 34.6 Å². The van der Waals surface area contributed by atoms with Gasteiger partial charge in [0.15, 0.2) is 0 Å². The molecule has 116 valence electrons. The standard InChI is InChI=1S/C13H14F4N2O2/c14-9-11(10(15)13(17)18-12(9)16)19-3-5-20-6-7(19)8-2-1-4-21-8/h7-8H,1-6H2. The lowest BCUT2D eigenvalue weighted by atomic mass is 10.0. The predicted octanol–water partition coefficient (Wildman–Crippen LogP) is 2.02. The summed E-state index contributed by atoms with van der Waals surface area (Å²) < 4.78 is 65.3. The number of ether oxygens (including phenoxy) is 2. The van der Waals surface area contributed by atoms with Gasteiger partial charge in [-0.1, -0.05) is 0 Å². The highest BCUT2D eigenvalue weighted by atomic mass is 19.2. The Balaban J connectivity index is 2.00. The quantitative estimate of drug-likeness (QED) is 0.618. The van der Waals surface area contributed by atoms with E-state index in [1.807, 2.05) is 0 Å². The van der Waals surface area contributed by atoms with Crippen LogP contribution in [0, 0.1) is 23.5 Å². The van der Waals surface area contributed by atoms with Crippen molar-refractivity contribution < 1.29 is 27.0 Å². The summed E-state index contributed by atoms with van der Waals surface area (Å²) in [5.74, 6) is -6.28. The minimum absolute atomic E-state index is 0.126. The fourth-order valence-electron chi connectivity index (χ4n) is 2.84. The molecule has 0 amide bonds. The van der Waals surface area contributed by atoms with Gasteiger partial charge < -0.3 is 14.4 Å². The smallest absolute Gasteiger partial charge is 0.253 e. The fourth-order valence-corrected chi connectivity index (χ4v) is 2.84. The first kappa shape index (κ1) is 14.5. The van der Waals surface area contributed by atoms with Crippen LogP contribution in [0.5, 0.6) is 0 Å². The van der Waals surface area contributed by atoms with E-state index in [-0.39, 0.29) is 25.9 Å². The van der Waals surface area contributed by atoms with Gasteiger partial charge in [0.25, 0.3) is 11.9 Å². The van der Waals surface area contributed by atoms with Crippen LogP contribution in [0.2, 0.25) is 0 Å². The summed E-state index contributed by atoms with van der Waals surface area (Å²) in [5.41, 5.74) is -0.733. The van der Waals surface area contributed by atoms with Crippen molar-refractivity contribution in [2.75, 3.05) is 31.3 Å². The zero-order valence-electron chi connectivity index (χ0n) is 11.1. The van der Waals surface area contributed by atoms with Gasteiger partial charge in [0.2, 0.25) is 11.6 Å². The normalized spacial score (nSPS) is 26.4. The van der Waals surface area contributed by atoms with E-state index >= 15 is 0 Å². The SMILES string of the molecule is Fc1nc(F)c(F)c(N2CCOCC2C2CCCO2)c1F. The van der Waals surface area contributed by atoms with Gasteiger partial charge in [-0.25, -0.2) is 0 Å². The molecule has 0 aliphatic carbocycles. The first-order valence-electron chi connectivity index (χ1n) is 6.75. The number of halogens is 4. The lowest BCUT2D eigenvalue weighted by Crippen LogP contribution is -2.52. The third-order valence-corrected chi connectivity index (χ3v) is 3.82. The average Bonchev–Trinajstić information content (AvgIpc) is 3.00. The molecule has 0 N–H and O–H groups in total. The first-order chi connectivity index (χ1) is 10.1. The molecule has 0 saturated carbocycles. The molecule has 4 nitrogen and oxygen atoms in total. The molecule has 2 saturated heterocycles. The van der Waals surface area contributed by atoms with Crippen LogP contribution in [-0.2, 0) is 9.47 Å². The summed E-state index contributed by atoms with van der Waals surface area (Å²) in [4.78, 5) is 3.87. The zero-order chi connectivity index (χ0) is 15.0. The fraction of sp³-hybridized carbons (Fsp3) is 0.615. The number of nitrogens with zero attached hydrogens (tertiary/aromatic N) is 2. The van der Waals surface area contributed by atoms with Crippen LogP contribution in [-0.4, -0.2) is 43.5 Å². The Morgan fingerprint density at radius 1 is 1.05 bits per heavy atom. The number of morpholine rings is 1. The van der Waals surface area contributed by atoms with Crippen LogP contribution >= 0.6 is 0 Å². The van der Waals surface area contributed by atoms with Crippen LogP contribution in [0.25, 0.3) is 0 Å². The molecule has 2 aliphatic heterocycles. The van der Waals surface area contributed by atoms with Crippen molar-refractivity contribution in [3.63, 3.8) is 0 Å². The largest absolute Gasteiger partial charge is 0.377 e. The summed E-state index contributed by atoms with van der Waals surface area (Å²) in [6.07, 6.45) is 1.27. The van der Waals surface area contributed by atoms with Crippen molar-refractivity contribution >= 4 is 5.69 Å². The monoisotopic (exact) mass is 306 g/mol. The maximum atomic E-state index is 13.9. The zero-order valence-corrected chi connectivity index (χ0v) is 11.1. The van der Waals surface area contributed by atoms with E-state index in [2.05, 4.69) is 4.98 Å². The molecule has 1 aromatic heterocycles. The van der Waals surface area contributed by atoms with Gasteiger partial charge in [0, 0.05) is 13.2 Å². The molecule has 2 fully saturated rings. The number of pyridine rings is 1. The highest BCUT2D eigenvalue weighted by Crippen LogP contribution is 2.32. The van der Waals surface area contributed by atoms with Gasteiger partial charge in [-0.05, 0) is 12.8 Å². The van der Waals surface area contributed by atoms with Gasteiger partial charge in [-0.2, -0.15) is 22.5 Å². The Morgan fingerprint density at radius 3 is 2.38 bits per heavy atom. The molecule has 8 heteroatoms. The molecule has 0 radical (unpaired) electrons. The van der Waals surface area contributed by atoms with Crippen LogP contribution in [0.15, 0.2) is 0 Å². The van der Waals surface area contributed by atoms with E-state index in [1.165, 1.54) is 4.90 Å². The number of hydrogen-bond acceptors (Lipinski definition) is 4. The van der Waals surface area contributed by atoms with Crippen molar-refractivity contribution in [2.45, 2.75) is 25.0 Å². The summed E-state index contributed by atoms with van der Waals surface area (Å²) >= 11 is 0. The molecule has 21 heavy (non-hydrogen) atoms. The molecule has 1 aromatic rings. The summed E-state index contributed by atoms with van der Waals surface area (Å²) in [5, 5.41) is 0. The molecule has 2 aliphatic rings. The molecule has 0 bridgehead atoms. The van der Waals surface area contributed by atoms with Gasteiger partial charge in [0.1, 0.15) is 5.69 Å². The lowest BCUT2D eigenvalue weighted by molar-refractivity contribution is 0.0193. The third kappa shape index (κ3) is 2.57. The third-order valence-electron chi connectivity index (χ3n) is 3.82. The minimum Gasteiger partial charge on any atom is -0.377 e. The van der Waals surface area contributed by atoms with Crippen LogP contribution < -0.4 is 4.90 Å². The summed E-state index contributed by atoms with van der Waals surface area (Å²) in [7, 11) is 0. The van der Waals surface area contributed by atoms with Gasteiger partial charge in [-0.3, -0.25) is 0 Å². The van der Waals surface area contributed by atoms with E-state index in [0.29, 0.717) is 13.0 Å². The molecule has 0 spiro atoms. The highest BCUT2D eigenvalue weighted by Gasteiger charge is 2.37. The Bertz CT molecular complexity index is 511. The van der Waals surface area contributed by atoms with Crippen molar-refractivity contribution in [2.24, 2.45) is 0 Å². The van der Waals surface area contributed by atoms with Crippen molar-refractivity contribution in [3.8, 4) is 0 Å². The number of anilines is 1. The summed E-state index contributed by atoms with van der Waals surface area (Å²) in [6.45, 7) is 1.09. The second-order valence-corrected chi connectivity index (χ2v) is 5.06. The minimum atomic E-state index is -1.65. The van der Waals surface area contributed by atoms with Gasteiger partial charge in [0.05, 0.1) is 25.4 Å². The maximum absolute atomic E-state index is 13.9. The molecule has 2 atom stereocenters. The molecule has 3 rings (SSSR count). The Morgan fingerprint density at radius 2 is 1.76 bits per heavy atom. The summed E-state index contributed by atoms with van der Waals surface area (Å²) in [6, 6.07) is -0.480. The van der Waals surface area contributed by atoms with Crippen LogP contribution in [0.3, 0.4) is 0 Å². The number of aromatic nitrogens is 1. The highest BCUT2D eigenvalue weighted by molar-refractivity contribution is 5.50. The Labute approximate surface area is 118 Å². The first-order valence-corrected chi connectivity index (χ1v) is 6.75. The van der Waals surface area contributed by atoms with Crippen molar-refractivity contribution in [1.29, 1.82) is 0 Å². The predicted molar refractivity (Wildman–Crippen MR) is 65.0 cm³/mol. The van der Waals surface area contributed by atoms with E-state index in [0.717, 1.165) is 6.42 Å².